The average molecular weight is 390 g/mol. The van der Waals surface area contributed by atoms with Crippen LogP contribution in [0.25, 0.3) is 11.0 Å². The third-order valence-electron chi connectivity index (χ3n) is 4.73. The van der Waals surface area contributed by atoms with Crippen molar-refractivity contribution in [3.05, 3.63) is 70.2 Å². The van der Waals surface area contributed by atoms with E-state index in [1.54, 1.807) is 25.1 Å². The number of aliphatic hydroxyl groups excluding tert-OH is 1. The summed E-state index contributed by atoms with van der Waals surface area (Å²) in [5.74, 6) is -3.05. The number of amides is 1. The maximum absolute atomic E-state index is 14.7. The first-order valence-electron chi connectivity index (χ1n) is 8.26. The molecule has 8 heteroatoms. The van der Waals surface area contributed by atoms with Crippen LogP contribution in [0.5, 0.6) is 0 Å². The summed E-state index contributed by atoms with van der Waals surface area (Å²) in [4.78, 5) is 21.0. The lowest BCUT2D eigenvalue weighted by Crippen LogP contribution is -2.31. The number of hydrogen-bond acceptors (Lipinski definition) is 3. The average Bonchev–Trinajstić information content (AvgIpc) is 3.21. The summed E-state index contributed by atoms with van der Waals surface area (Å²) in [6.45, 7) is 1.70. The van der Waals surface area contributed by atoms with Crippen molar-refractivity contribution in [3.8, 4) is 0 Å². The Morgan fingerprint density at radius 2 is 2.07 bits per heavy atom. The first-order chi connectivity index (χ1) is 12.9. The lowest BCUT2D eigenvalue weighted by molar-refractivity contribution is -0.117. The number of aliphatic hydroxyl groups is 1. The number of rotatable bonds is 3. The number of fused-ring (bicyclic) bond motifs is 1. The van der Waals surface area contributed by atoms with Crippen molar-refractivity contribution in [1.29, 1.82) is 0 Å². The summed E-state index contributed by atoms with van der Waals surface area (Å²) >= 11 is 5.85. The topological polar surface area (TPSA) is 69.2 Å². The molecule has 27 heavy (non-hydrogen) atoms. The van der Waals surface area contributed by atoms with Crippen molar-refractivity contribution in [1.82, 2.24) is 9.97 Å². The van der Waals surface area contributed by atoms with Gasteiger partial charge in [0.15, 0.2) is 5.76 Å². The van der Waals surface area contributed by atoms with Crippen molar-refractivity contribution in [3.63, 3.8) is 0 Å². The summed E-state index contributed by atoms with van der Waals surface area (Å²) in [6, 6.07) is 5.96. The normalized spacial score (nSPS) is 17.4. The fourth-order valence-corrected chi connectivity index (χ4v) is 3.61. The molecule has 0 bridgehead atoms. The lowest BCUT2D eigenvalue weighted by Gasteiger charge is -2.28. The van der Waals surface area contributed by atoms with Gasteiger partial charge in [0.05, 0.1) is 34.0 Å². The van der Waals surface area contributed by atoms with Crippen LogP contribution in [0.2, 0.25) is 5.02 Å². The van der Waals surface area contributed by atoms with Crippen LogP contribution in [0.4, 0.5) is 14.5 Å². The number of carbonyl (C=O) groups excluding carboxylic acids is 1. The first kappa shape index (κ1) is 17.5. The Bertz CT molecular complexity index is 1110. The smallest absolute Gasteiger partial charge is 0.293 e. The number of carbonyl (C=O) groups is 1. The minimum absolute atomic E-state index is 0.224. The predicted octanol–water partition coefficient (Wildman–Crippen LogP) is 4.80. The summed E-state index contributed by atoms with van der Waals surface area (Å²) < 4.78 is 29.3. The molecular weight excluding hydrogens is 376 g/mol. The minimum atomic E-state index is -1.14. The third kappa shape index (κ3) is 2.57. The molecule has 2 aromatic carbocycles. The maximum atomic E-state index is 14.7. The number of nitrogens with one attached hydrogen (secondary N) is 1. The fourth-order valence-electron chi connectivity index (χ4n) is 3.45. The summed E-state index contributed by atoms with van der Waals surface area (Å²) in [5.41, 5.74) is 1.53. The Labute approximate surface area is 157 Å². The summed E-state index contributed by atoms with van der Waals surface area (Å²) in [7, 11) is 0. The monoisotopic (exact) mass is 389 g/mol. The second kappa shape index (κ2) is 6.35. The zero-order valence-electron chi connectivity index (χ0n) is 14.1. The minimum Gasteiger partial charge on any atom is -0.503 e. The van der Waals surface area contributed by atoms with Crippen molar-refractivity contribution in [2.24, 2.45) is 0 Å². The molecule has 0 saturated carbocycles. The molecule has 138 valence electrons. The van der Waals surface area contributed by atoms with Crippen LogP contribution in [-0.2, 0) is 4.79 Å². The van der Waals surface area contributed by atoms with Crippen molar-refractivity contribution >= 4 is 34.2 Å². The number of anilines is 1. The van der Waals surface area contributed by atoms with Crippen LogP contribution in [0.15, 0.2) is 48.0 Å². The zero-order chi connectivity index (χ0) is 19.3. The van der Waals surface area contributed by atoms with E-state index in [0.29, 0.717) is 11.2 Å². The molecule has 1 unspecified atom stereocenters. The molecule has 2 heterocycles. The second-order valence-corrected chi connectivity index (χ2v) is 6.57. The number of imidazole rings is 1. The number of benzene rings is 2. The molecule has 0 radical (unpaired) electrons. The van der Waals surface area contributed by atoms with Gasteiger partial charge in [0.25, 0.3) is 5.91 Å². The largest absolute Gasteiger partial charge is 0.503 e. The van der Waals surface area contributed by atoms with Crippen molar-refractivity contribution in [2.75, 3.05) is 4.90 Å². The molecule has 1 aliphatic heterocycles. The van der Waals surface area contributed by atoms with Crippen LogP contribution in [0.3, 0.4) is 0 Å². The SMILES string of the molecule is CCC1=C(O)C(=O)N(c2ccc3[nH]cnc3c2)C1c1c(F)ccc(Cl)c1F. The van der Waals surface area contributed by atoms with Gasteiger partial charge in [-0.05, 0) is 36.8 Å². The molecule has 0 aliphatic carbocycles. The highest BCUT2D eigenvalue weighted by molar-refractivity contribution is 6.30. The highest BCUT2D eigenvalue weighted by Gasteiger charge is 2.43. The van der Waals surface area contributed by atoms with Gasteiger partial charge in [0.1, 0.15) is 11.6 Å². The van der Waals surface area contributed by atoms with E-state index < -0.39 is 29.3 Å². The Morgan fingerprint density at radius 1 is 1.30 bits per heavy atom. The molecule has 0 spiro atoms. The van der Waals surface area contributed by atoms with Gasteiger partial charge >= 0.3 is 0 Å². The van der Waals surface area contributed by atoms with E-state index in [9.17, 15) is 18.7 Å². The van der Waals surface area contributed by atoms with Gasteiger partial charge in [0, 0.05) is 11.3 Å². The quantitative estimate of drug-likeness (QED) is 0.632. The molecule has 0 fully saturated rings. The molecule has 1 aromatic heterocycles. The van der Waals surface area contributed by atoms with E-state index in [1.165, 1.54) is 11.2 Å². The molecule has 4 rings (SSSR count). The number of hydrogen-bond donors (Lipinski definition) is 2. The molecule has 0 saturated heterocycles. The van der Waals surface area contributed by atoms with Crippen molar-refractivity contribution in [2.45, 2.75) is 19.4 Å². The van der Waals surface area contributed by atoms with Gasteiger partial charge in [0.2, 0.25) is 0 Å². The van der Waals surface area contributed by atoms with Gasteiger partial charge < -0.3 is 10.1 Å². The van der Waals surface area contributed by atoms with E-state index >= 15 is 0 Å². The zero-order valence-corrected chi connectivity index (χ0v) is 14.9. The third-order valence-corrected chi connectivity index (χ3v) is 5.02. The maximum Gasteiger partial charge on any atom is 0.293 e. The van der Waals surface area contributed by atoms with E-state index in [0.717, 1.165) is 17.6 Å². The van der Waals surface area contributed by atoms with Gasteiger partial charge in [-0.1, -0.05) is 18.5 Å². The molecule has 2 N–H and O–H groups in total. The Hall–Kier alpha value is -2.93. The lowest BCUT2D eigenvalue weighted by atomic mass is 9.96. The van der Waals surface area contributed by atoms with Gasteiger partial charge in [-0.2, -0.15) is 0 Å². The number of H-pyrrole nitrogens is 1. The summed E-state index contributed by atoms with van der Waals surface area (Å²) in [5, 5.41) is 10.1. The molecule has 5 nitrogen and oxygen atoms in total. The second-order valence-electron chi connectivity index (χ2n) is 6.17. The molecular formula is C19H14ClF2N3O2. The van der Waals surface area contributed by atoms with Crippen LogP contribution in [0.1, 0.15) is 24.9 Å². The Morgan fingerprint density at radius 3 is 2.81 bits per heavy atom. The van der Waals surface area contributed by atoms with Crippen LogP contribution in [-0.4, -0.2) is 21.0 Å². The van der Waals surface area contributed by atoms with E-state index in [1.807, 2.05) is 0 Å². The van der Waals surface area contributed by atoms with Crippen LogP contribution >= 0.6 is 11.6 Å². The molecule has 1 amide bonds. The number of halogens is 3. The van der Waals surface area contributed by atoms with Crippen LogP contribution < -0.4 is 4.90 Å². The van der Waals surface area contributed by atoms with E-state index in [4.69, 9.17) is 11.6 Å². The van der Waals surface area contributed by atoms with Gasteiger partial charge in [-0.3, -0.25) is 9.69 Å². The molecule has 3 aromatic rings. The van der Waals surface area contributed by atoms with Crippen LogP contribution in [0, 0.1) is 11.6 Å². The van der Waals surface area contributed by atoms with Gasteiger partial charge in [-0.15, -0.1) is 0 Å². The number of aromatic nitrogens is 2. The summed E-state index contributed by atoms with van der Waals surface area (Å²) in [6.07, 6.45) is 1.73. The first-order valence-corrected chi connectivity index (χ1v) is 8.64. The predicted molar refractivity (Wildman–Crippen MR) is 97.6 cm³/mol. The highest BCUT2D eigenvalue weighted by atomic mass is 35.5. The Kier molecular flexibility index (Phi) is 4.11. The van der Waals surface area contributed by atoms with Crippen molar-refractivity contribution < 1.29 is 18.7 Å². The van der Waals surface area contributed by atoms with E-state index in [-0.39, 0.29) is 22.6 Å². The standard InChI is InChI=1S/C19H14ClF2N3O2/c1-2-10-17(15-12(21)5-4-11(20)16(15)22)25(19(27)18(10)26)9-3-6-13-14(7-9)24-8-23-13/h3-8,17,26H,2H2,1H3,(H,23,24). The molecule has 1 atom stereocenters. The Balaban J connectivity index is 1.95. The highest BCUT2D eigenvalue weighted by Crippen LogP contribution is 2.44. The number of aromatic amines is 1. The molecule has 1 aliphatic rings. The number of nitrogens with zero attached hydrogens (tertiary/aromatic N) is 2. The fraction of sp³-hybridized carbons (Fsp3) is 0.158. The van der Waals surface area contributed by atoms with E-state index in [2.05, 4.69) is 9.97 Å². The van der Waals surface area contributed by atoms with Gasteiger partial charge in [-0.25, -0.2) is 13.8 Å².